The summed E-state index contributed by atoms with van der Waals surface area (Å²) >= 11 is 0. The third kappa shape index (κ3) is 4.51. The van der Waals surface area contributed by atoms with Crippen LogP contribution >= 0.6 is 0 Å². The van der Waals surface area contributed by atoms with E-state index in [1.807, 2.05) is 17.7 Å². The maximum atomic E-state index is 14.6. The molecule has 5 rings (SSSR count). The zero-order valence-corrected chi connectivity index (χ0v) is 20.7. The van der Waals surface area contributed by atoms with E-state index in [9.17, 15) is 22.8 Å². The number of aromatic carboxylic acids is 1. The Bertz CT molecular complexity index is 1590. The van der Waals surface area contributed by atoms with Crippen LogP contribution in [0.1, 0.15) is 40.4 Å². The molecular formula is C26H25F3N6O3. The molecule has 0 bridgehead atoms. The molecule has 1 aromatic carbocycles. The van der Waals surface area contributed by atoms with Crippen molar-refractivity contribution in [3.63, 3.8) is 0 Å². The summed E-state index contributed by atoms with van der Waals surface area (Å²) in [6.45, 7) is 1.68. The number of pyridine rings is 1. The number of carboxylic acid groups (broad SMARTS) is 1. The highest BCUT2D eigenvalue weighted by molar-refractivity contribution is 5.88. The molecule has 4 aromatic rings. The minimum Gasteiger partial charge on any atom is -0.478 e. The topological polar surface area (TPSA) is 105 Å². The number of aromatic nitrogens is 4. The monoisotopic (exact) mass is 526 g/mol. The van der Waals surface area contributed by atoms with Crippen molar-refractivity contribution in [2.75, 3.05) is 25.5 Å². The molecule has 0 atom stereocenters. The molecule has 4 heterocycles. The Morgan fingerprint density at radius 2 is 1.82 bits per heavy atom. The van der Waals surface area contributed by atoms with Crippen LogP contribution in [0.15, 0.2) is 41.5 Å². The minimum absolute atomic E-state index is 0.0660. The van der Waals surface area contributed by atoms with Gasteiger partial charge in [-0.3, -0.25) is 9.47 Å². The third-order valence-corrected chi connectivity index (χ3v) is 7.09. The molecule has 198 valence electrons. The summed E-state index contributed by atoms with van der Waals surface area (Å²) < 4.78 is 46.5. The summed E-state index contributed by atoms with van der Waals surface area (Å²) in [4.78, 5) is 34.0. The summed E-state index contributed by atoms with van der Waals surface area (Å²) in [5.74, 6) is -4.20. The smallest absolute Gasteiger partial charge is 0.354 e. The fourth-order valence-corrected chi connectivity index (χ4v) is 5.11. The van der Waals surface area contributed by atoms with Gasteiger partial charge in [0.1, 0.15) is 17.3 Å². The standard InChI is InChI=1S/C26H25F3N6O3/c1-30-23-20(29)13-35(26(38)32-23)21-3-6-31-24-17(21)11-16(33(24)2)12-34-7-4-14(5-8-34)22-18(27)9-15(25(36)37)10-19(22)28/h3,6,9-11,13-14H,4-5,7-8,12H2,1-2H3,(H,36,37)(H,30,32,38). The highest BCUT2D eigenvalue weighted by Gasteiger charge is 2.27. The summed E-state index contributed by atoms with van der Waals surface area (Å²) in [6.07, 6.45) is 3.65. The van der Waals surface area contributed by atoms with Gasteiger partial charge in [0, 0.05) is 43.5 Å². The van der Waals surface area contributed by atoms with Crippen LogP contribution in [-0.2, 0) is 13.6 Å². The van der Waals surface area contributed by atoms with Gasteiger partial charge in [-0.2, -0.15) is 4.98 Å². The van der Waals surface area contributed by atoms with E-state index in [4.69, 9.17) is 5.11 Å². The Morgan fingerprint density at radius 3 is 2.45 bits per heavy atom. The number of fused-ring (bicyclic) bond motifs is 1. The number of nitrogens with zero attached hydrogens (tertiary/aromatic N) is 5. The van der Waals surface area contributed by atoms with Crippen LogP contribution in [-0.4, -0.2) is 55.2 Å². The minimum atomic E-state index is -1.38. The molecule has 12 heteroatoms. The van der Waals surface area contributed by atoms with Crippen molar-refractivity contribution < 1.29 is 23.1 Å². The zero-order valence-electron chi connectivity index (χ0n) is 20.7. The van der Waals surface area contributed by atoms with Gasteiger partial charge in [0.15, 0.2) is 11.6 Å². The van der Waals surface area contributed by atoms with E-state index >= 15 is 0 Å². The largest absolute Gasteiger partial charge is 0.478 e. The number of carboxylic acids is 1. The lowest BCUT2D eigenvalue weighted by Crippen LogP contribution is -2.33. The number of benzene rings is 1. The number of halogens is 3. The maximum Gasteiger partial charge on any atom is 0.354 e. The van der Waals surface area contributed by atoms with E-state index in [1.165, 1.54) is 7.05 Å². The lowest BCUT2D eigenvalue weighted by Gasteiger charge is -2.32. The predicted molar refractivity (Wildman–Crippen MR) is 134 cm³/mol. The number of nitrogens with one attached hydrogen (secondary N) is 1. The van der Waals surface area contributed by atoms with Crippen molar-refractivity contribution in [1.82, 2.24) is 24.0 Å². The number of likely N-dealkylation sites (tertiary alicyclic amines) is 1. The zero-order chi connectivity index (χ0) is 27.1. The van der Waals surface area contributed by atoms with Gasteiger partial charge in [-0.25, -0.2) is 27.7 Å². The van der Waals surface area contributed by atoms with Crippen LogP contribution in [0.25, 0.3) is 16.7 Å². The Kier molecular flexibility index (Phi) is 6.66. The van der Waals surface area contributed by atoms with Gasteiger partial charge >= 0.3 is 11.7 Å². The average Bonchev–Trinajstić information content (AvgIpc) is 3.20. The number of rotatable bonds is 6. The lowest BCUT2D eigenvalue weighted by atomic mass is 9.88. The molecule has 1 fully saturated rings. The maximum absolute atomic E-state index is 14.6. The quantitative estimate of drug-likeness (QED) is 0.395. The van der Waals surface area contributed by atoms with E-state index in [2.05, 4.69) is 20.2 Å². The van der Waals surface area contributed by atoms with Gasteiger partial charge in [0.2, 0.25) is 0 Å². The van der Waals surface area contributed by atoms with Crippen LogP contribution in [0.4, 0.5) is 19.0 Å². The SMILES string of the molecule is CNc1nc(=O)n(-c2ccnc3c2cc(CN2CCC(c4c(F)cc(C(=O)O)cc4F)CC2)n3C)cc1F. The summed E-state index contributed by atoms with van der Waals surface area (Å²) in [6, 6.07) is 5.25. The Balaban J connectivity index is 1.37. The summed E-state index contributed by atoms with van der Waals surface area (Å²) in [7, 11) is 3.33. The molecule has 0 radical (unpaired) electrons. The first-order valence-electron chi connectivity index (χ1n) is 12.0. The third-order valence-electron chi connectivity index (χ3n) is 7.09. The second kappa shape index (κ2) is 9.93. The van der Waals surface area contributed by atoms with Gasteiger partial charge in [0.25, 0.3) is 0 Å². The van der Waals surface area contributed by atoms with Gasteiger partial charge < -0.3 is 15.0 Å². The Hall–Kier alpha value is -4.19. The predicted octanol–water partition coefficient (Wildman–Crippen LogP) is 3.66. The van der Waals surface area contributed by atoms with Crippen LogP contribution in [0.3, 0.4) is 0 Å². The van der Waals surface area contributed by atoms with E-state index in [-0.39, 0.29) is 17.3 Å². The number of carbonyl (C=O) groups is 1. The van der Waals surface area contributed by atoms with Crippen LogP contribution in [0.5, 0.6) is 0 Å². The number of piperidine rings is 1. The van der Waals surface area contributed by atoms with Gasteiger partial charge in [-0.1, -0.05) is 0 Å². The first-order chi connectivity index (χ1) is 18.2. The fourth-order valence-electron chi connectivity index (χ4n) is 5.11. The Morgan fingerprint density at radius 1 is 1.13 bits per heavy atom. The number of anilines is 1. The number of aryl methyl sites for hydroxylation is 1. The first kappa shape index (κ1) is 25.5. The molecule has 38 heavy (non-hydrogen) atoms. The number of hydrogen-bond donors (Lipinski definition) is 2. The molecule has 1 aliphatic rings. The highest BCUT2D eigenvalue weighted by atomic mass is 19.1. The van der Waals surface area contributed by atoms with E-state index < -0.39 is 34.7 Å². The van der Waals surface area contributed by atoms with Crippen molar-refractivity contribution in [2.24, 2.45) is 7.05 Å². The van der Waals surface area contributed by atoms with E-state index in [0.29, 0.717) is 49.2 Å². The second-order valence-electron chi connectivity index (χ2n) is 9.31. The average molecular weight is 527 g/mol. The molecule has 0 aliphatic carbocycles. The van der Waals surface area contributed by atoms with Crippen molar-refractivity contribution in [3.05, 3.63) is 81.4 Å². The van der Waals surface area contributed by atoms with Gasteiger partial charge in [-0.05, 0) is 56.1 Å². The molecular weight excluding hydrogens is 501 g/mol. The second-order valence-corrected chi connectivity index (χ2v) is 9.31. The Labute approximate surface area is 215 Å². The van der Waals surface area contributed by atoms with Crippen molar-refractivity contribution in [3.8, 4) is 5.69 Å². The first-order valence-corrected chi connectivity index (χ1v) is 12.0. The van der Waals surface area contributed by atoms with Crippen molar-refractivity contribution >= 4 is 22.8 Å². The summed E-state index contributed by atoms with van der Waals surface area (Å²) in [5, 5.41) is 12.2. The van der Waals surface area contributed by atoms with E-state index in [1.54, 1.807) is 12.3 Å². The molecule has 0 unspecified atom stereocenters. The van der Waals surface area contributed by atoms with Crippen molar-refractivity contribution in [2.45, 2.75) is 25.3 Å². The van der Waals surface area contributed by atoms with Crippen LogP contribution < -0.4 is 11.0 Å². The molecule has 0 spiro atoms. The summed E-state index contributed by atoms with van der Waals surface area (Å²) in [5.41, 5.74) is 0.847. The lowest BCUT2D eigenvalue weighted by molar-refractivity contribution is 0.0695. The van der Waals surface area contributed by atoms with Crippen LogP contribution in [0.2, 0.25) is 0 Å². The molecule has 3 aromatic heterocycles. The van der Waals surface area contributed by atoms with Gasteiger partial charge in [0.05, 0.1) is 17.4 Å². The van der Waals surface area contributed by atoms with Crippen LogP contribution in [0, 0.1) is 17.5 Å². The molecule has 9 nitrogen and oxygen atoms in total. The van der Waals surface area contributed by atoms with E-state index in [0.717, 1.165) is 28.6 Å². The molecule has 2 N–H and O–H groups in total. The highest BCUT2D eigenvalue weighted by Crippen LogP contribution is 2.33. The van der Waals surface area contributed by atoms with Crippen molar-refractivity contribution in [1.29, 1.82) is 0 Å². The molecule has 0 amide bonds. The molecule has 1 saturated heterocycles. The molecule has 1 aliphatic heterocycles. The van der Waals surface area contributed by atoms with Gasteiger partial charge in [-0.15, -0.1) is 0 Å². The number of hydrogen-bond acceptors (Lipinski definition) is 6. The molecule has 0 saturated carbocycles. The normalized spacial score (nSPS) is 14.8. The fraction of sp³-hybridized carbons (Fsp3) is 0.308.